The van der Waals surface area contributed by atoms with Crippen LogP contribution in [0.3, 0.4) is 0 Å². The maximum Gasteiger partial charge on any atom is 0.273 e. The van der Waals surface area contributed by atoms with Crippen molar-refractivity contribution in [3.05, 3.63) is 82.3 Å². The monoisotopic (exact) mass is 704 g/mol. The van der Waals surface area contributed by atoms with Crippen molar-refractivity contribution in [3.63, 3.8) is 0 Å². The van der Waals surface area contributed by atoms with Crippen LogP contribution in [0.2, 0.25) is 0 Å². The third kappa shape index (κ3) is 9.66. The Labute approximate surface area is 295 Å². The molecule has 0 unspecified atom stereocenters. The van der Waals surface area contributed by atoms with Crippen LogP contribution in [0, 0.1) is 5.92 Å². The first-order chi connectivity index (χ1) is 24.1. The Hall–Kier alpha value is -4.82. The molecule has 4 atom stereocenters. The van der Waals surface area contributed by atoms with Crippen LogP contribution < -0.4 is 20.7 Å². The van der Waals surface area contributed by atoms with Crippen molar-refractivity contribution in [2.45, 2.75) is 50.7 Å². The minimum absolute atomic E-state index is 0.0538. The molecule has 1 aromatic heterocycles. The Balaban J connectivity index is 1.50. The van der Waals surface area contributed by atoms with E-state index in [0.29, 0.717) is 24.4 Å². The highest BCUT2D eigenvalue weighted by Gasteiger charge is 2.39. The molecule has 1 fully saturated rings. The quantitative estimate of drug-likeness (QED) is 0.321. The first-order valence-electron chi connectivity index (χ1n) is 16.7. The lowest BCUT2D eigenvalue weighted by molar-refractivity contribution is -0.141. The van der Waals surface area contributed by atoms with Crippen LogP contribution in [0.1, 0.15) is 47.8 Å². The molecule has 0 saturated carbocycles. The van der Waals surface area contributed by atoms with E-state index in [2.05, 4.69) is 20.9 Å². The summed E-state index contributed by atoms with van der Waals surface area (Å²) in [4.78, 5) is 75.4. The normalized spacial score (nSPS) is 22.2. The van der Waals surface area contributed by atoms with Gasteiger partial charge in [0.05, 0.1) is 24.7 Å². The number of amides is 5. The molecule has 3 aromatic rings. The number of aromatic nitrogens is 1. The fraction of sp³-hybridized carbons (Fsp3) is 0.444. The molecule has 3 heterocycles. The van der Waals surface area contributed by atoms with E-state index in [1.54, 1.807) is 34.0 Å². The van der Waals surface area contributed by atoms with Gasteiger partial charge < -0.3 is 35.2 Å². The number of fused-ring (bicyclic) bond motifs is 4. The summed E-state index contributed by atoms with van der Waals surface area (Å²) >= 11 is 1.32. The van der Waals surface area contributed by atoms with Crippen LogP contribution in [0.15, 0.2) is 65.5 Å². The first-order valence-corrected chi connectivity index (χ1v) is 17.7. The molecule has 14 heteroatoms. The highest BCUT2D eigenvalue weighted by atomic mass is 32.1. The SMILES string of the molecule is COCCN1CC(=O)N[C@@H](Cc2ccccc2)C(=O)N[C@@H]2CN(C(=O)c3cscn3)C[C@H]2c2cccc(c2)OCC(=O)N[C@H](CC(C)C)C1=O. The predicted molar refractivity (Wildman–Crippen MR) is 187 cm³/mol. The Morgan fingerprint density at radius 2 is 1.78 bits per heavy atom. The second kappa shape index (κ2) is 17.2. The van der Waals surface area contributed by atoms with Crippen LogP contribution in [0.4, 0.5) is 0 Å². The van der Waals surface area contributed by atoms with E-state index in [-0.39, 0.29) is 57.0 Å². The molecule has 3 N–H and O–H groups in total. The van der Waals surface area contributed by atoms with Crippen LogP contribution in [-0.4, -0.2) is 109 Å². The van der Waals surface area contributed by atoms with Crippen molar-refractivity contribution >= 4 is 40.9 Å². The van der Waals surface area contributed by atoms with Crippen molar-refractivity contribution < 1.29 is 33.4 Å². The predicted octanol–water partition coefficient (Wildman–Crippen LogP) is 1.99. The molecule has 50 heavy (non-hydrogen) atoms. The summed E-state index contributed by atoms with van der Waals surface area (Å²) in [5.41, 5.74) is 3.55. The number of carbonyl (C=O) groups excluding carboxylic acids is 5. The number of hydrogen-bond acceptors (Lipinski definition) is 9. The zero-order chi connectivity index (χ0) is 35.6. The molecule has 13 nitrogen and oxygen atoms in total. The summed E-state index contributed by atoms with van der Waals surface area (Å²) in [5.74, 6) is -1.99. The van der Waals surface area contributed by atoms with E-state index in [9.17, 15) is 24.0 Å². The number of likely N-dealkylation sites (tertiary alicyclic amines) is 1. The highest BCUT2D eigenvalue weighted by Crippen LogP contribution is 2.31. The Bertz CT molecular complexity index is 1640. The summed E-state index contributed by atoms with van der Waals surface area (Å²) in [5, 5.41) is 10.5. The Morgan fingerprint density at radius 1 is 1.00 bits per heavy atom. The summed E-state index contributed by atoms with van der Waals surface area (Å²) in [7, 11) is 1.49. The number of rotatable bonds is 8. The molecule has 0 aliphatic carbocycles. The van der Waals surface area contributed by atoms with Gasteiger partial charge in [-0.1, -0.05) is 56.3 Å². The zero-order valence-corrected chi connectivity index (χ0v) is 29.3. The van der Waals surface area contributed by atoms with Gasteiger partial charge in [0, 0.05) is 44.5 Å². The molecule has 2 aromatic carbocycles. The largest absolute Gasteiger partial charge is 0.484 e. The van der Waals surface area contributed by atoms with Gasteiger partial charge in [0.2, 0.25) is 17.7 Å². The molecule has 2 bridgehead atoms. The van der Waals surface area contributed by atoms with E-state index in [1.165, 1.54) is 23.3 Å². The number of benzene rings is 2. The van der Waals surface area contributed by atoms with Gasteiger partial charge >= 0.3 is 0 Å². The lowest BCUT2D eigenvalue weighted by atomic mass is 9.93. The number of hydrogen-bond donors (Lipinski definition) is 3. The standard InChI is InChI=1S/C36H44N6O7S/c1-23(2)14-29-35(46)41(12-13-48-3)19-32(43)38-28(15-24-8-5-4-6-9-24)34(45)40-30-18-42(36(47)31-21-50-22-37-31)17-27(30)25-10-7-11-26(16-25)49-20-33(44)39-29/h4-11,16,21-23,27-30H,12-15,17-20H2,1-3H3,(H,38,43)(H,39,44)(H,40,45)/t27-,28-,29+,30+/m0/s1. The molecule has 2 aliphatic rings. The molecule has 0 radical (unpaired) electrons. The third-order valence-corrected chi connectivity index (χ3v) is 9.32. The minimum Gasteiger partial charge on any atom is -0.484 e. The summed E-state index contributed by atoms with van der Waals surface area (Å²) in [6, 6.07) is 14.1. The second-order valence-corrected chi connectivity index (χ2v) is 13.7. The molecule has 0 spiro atoms. The van der Waals surface area contributed by atoms with Gasteiger partial charge in [-0.25, -0.2) is 4.98 Å². The number of carbonyl (C=O) groups is 5. The fourth-order valence-corrected chi connectivity index (χ4v) is 6.82. The van der Waals surface area contributed by atoms with E-state index in [1.807, 2.05) is 50.2 Å². The van der Waals surface area contributed by atoms with Gasteiger partial charge in [-0.15, -0.1) is 11.3 Å². The van der Waals surface area contributed by atoms with Gasteiger partial charge in [-0.2, -0.15) is 0 Å². The maximum absolute atomic E-state index is 14.1. The van der Waals surface area contributed by atoms with E-state index in [4.69, 9.17) is 9.47 Å². The van der Waals surface area contributed by atoms with E-state index >= 15 is 0 Å². The van der Waals surface area contributed by atoms with Crippen LogP contribution in [-0.2, 0) is 30.3 Å². The summed E-state index contributed by atoms with van der Waals surface area (Å²) < 4.78 is 11.1. The Kier molecular flexibility index (Phi) is 12.6. The van der Waals surface area contributed by atoms with E-state index in [0.717, 1.165) is 11.1 Å². The first kappa shape index (κ1) is 36.5. The van der Waals surface area contributed by atoms with Gasteiger partial charge in [0.25, 0.3) is 11.8 Å². The average Bonchev–Trinajstić information content (AvgIpc) is 3.79. The van der Waals surface area contributed by atoms with Crippen molar-refractivity contribution in [2.75, 3.05) is 46.5 Å². The topological polar surface area (TPSA) is 159 Å². The minimum atomic E-state index is -0.993. The molecule has 5 amide bonds. The summed E-state index contributed by atoms with van der Waals surface area (Å²) in [6.07, 6.45) is 0.530. The van der Waals surface area contributed by atoms with Crippen molar-refractivity contribution in [1.29, 1.82) is 0 Å². The van der Waals surface area contributed by atoms with Crippen LogP contribution in [0.25, 0.3) is 0 Å². The van der Waals surface area contributed by atoms with Crippen molar-refractivity contribution in [3.8, 4) is 5.75 Å². The highest BCUT2D eigenvalue weighted by molar-refractivity contribution is 7.07. The van der Waals surface area contributed by atoms with Gasteiger partial charge in [0.15, 0.2) is 6.61 Å². The van der Waals surface area contributed by atoms with Crippen molar-refractivity contribution in [2.24, 2.45) is 5.92 Å². The Morgan fingerprint density at radius 3 is 2.50 bits per heavy atom. The molecule has 2 aliphatic heterocycles. The molecular formula is C36H44N6O7S. The smallest absolute Gasteiger partial charge is 0.273 e. The second-order valence-electron chi connectivity index (χ2n) is 13.0. The number of nitrogens with zero attached hydrogens (tertiary/aromatic N) is 3. The molecule has 1 saturated heterocycles. The van der Waals surface area contributed by atoms with Gasteiger partial charge in [0.1, 0.15) is 23.5 Å². The zero-order valence-electron chi connectivity index (χ0n) is 28.5. The lowest BCUT2D eigenvalue weighted by Gasteiger charge is -2.29. The summed E-state index contributed by atoms with van der Waals surface area (Å²) in [6.45, 7) is 3.95. The molecular weight excluding hydrogens is 660 g/mol. The molecule has 266 valence electrons. The average molecular weight is 705 g/mol. The van der Waals surface area contributed by atoms with E-state index < -0.39 is 41.8 Å². The molecule has 5 rings (SSSR count). The number of ether oxygens (including phenoxy) is 2. The van der Waals surface area contributed by atoms with Crippen LogP contribution in [0.5, 0.6) is 5.75 Å². The van der Waals surface area contributed by atoms with Gasteiger partial charge in [-0.3, -0.25) is 24.0 Å². The fourth-order valence-electron chi connectivity index (χ4n) is 6.29. The lowest BCUT2D eigenvalue weighted by Crippen LogP contribution is -2.56. The van der Waals surface area contributed by atoms with Crippen molar-refractivity contribution in [1.82, 2.24) is 30.7 Å². The number of methoxy groups -OCH3 is 1. The number of thiazole rings is 1. The van der Waals surface area contributed by atoms with Gasteiger partial charge in [-0.05, 0) is 35.6 Å². The van der Waals surface area contributed by atoms with Crippen LogP contribution >= 0.6 is 11.3 Å². The third-order valence-electron chi connectivity index (χ3n) is 8.73. The maximum atomic E-state index is 14.1. The number of nitrogens with one attached hydrogen (secondary N) is 3.